The molecule has 5 heteroatoms. The minimum atomic E-state index is -1.13. The Morgan fingerprint density at radius 2 is 1.50 bits per heavy atom. The first-order valence-electron chi connectivity index (χ1n) is 5.76. The molecule has 1 saturated heterocycles. The number of carbonyl (C=O) groups is 2. The Bertz CT molecular complexity index is 396. The summed E-state index contributed by atoms with van der Waals surface area (Å²) in [5, 5.41) is 17.0. The van der Waals surface area contributed by atoms with Crippen molar-refractivity contribution in [3.8, 4) is 0 Å². The van der Waals surface area contributed by atoms with Crippen molar-refractivity contribution in [1.82, 2.24) is 4.90 Å². The van der Waals surface area contributed by atoms with Gasteiger partial charge in [-0.3, -0.25) is 0 Å². The van der Waals surface area contributed by atoms with E-state index in [1.165, 1.54) is 44.1 Å². The minimum absolute atomic E-state index is 0.0186. The quantitative estimate of drug-likeness (QED) is 0.838. The van der Waals surface area contributed by atoms with Gasteiger partial charge in [0.15, 0.2) is 0 Å². The van der Waals surface area contributed by atoms with Crippen molar-refractivity contribution >= 4 is 11.9 Å². The van der Waals surface area contributed by atoms with E-state index in [2.05, 4.69) is 11.9 Å². The molecule has 5 nitrogen and oxygen atoms in total. The monoisotopic (exact) mass is 251 g/mol. The molecule has 1 aliphatic rings. The summed E-state index contributed by atoms with van der Waals surface area (Å²) in [4.78, 5) is 23.1. The second kappa shape index (κ2) is 6.76. The van der Waals surface area contributed by atoms with Crippen LogP contribution in [-0.2, 0) is 0 Å². The first-order valence-corrected chi connectivity index (χ1v) is 5.76. The predicted molar refractivity (Wildman–Crippen MR) is 67.1 cm³/mol. The van der Waals surface area contributed by atoms with E-state index < -0.39 is 11.9 Å². The molecule has 1 aromatic carbocycles. The average molecular weight is 251 g/mol. The second-order valence-corrected chi connectivity index (χ2v) is 4.20. The van der Waals surface area contributed by atoms with Gasteiger partial charge in [0, 0.05) is 0 Å². The molecule has 0 amide bonds. The number of hydrogen-bond donors (Lipinski definition) is 2. The van der Waals surface area contributed by atoms with Crippen LogP contribution in [0.2, 0.25) is 0 Å². The molecule has 2 rings (SSSR count). The third-order valence-electron chi connectivity index (χ3n) is 2.69. The van der Waals surface area contributed by atoms with E-state index in [1.54, 1.807) is 0 Å². The molecule has 98 valence electrons. The molecule has 0 aliphatic carbocycles. The van der Waals surface area contributed by atoms with E-state index in [-0.39, 0.29) is 11.1 Å². The average Bonchev–Trinajstić information content (AvgIpc) is 2.81. The third-order valence-corrected chi connectivity index (χ3v) is 2.69. The van der Waals surface area contributed by atoms with Gasteiger partial charge in [0.2, 0.25) is 0 Å². The van der Waals surface area contributed by atoms with Crippen molar-refractivity contribution in [2.75, 3.05) is 20.1 Å². The molecule has 1 heterocycles. The molecule has 1 aromatic rings. The lowest BCUT2D eigenvalue weighted by Crippen LogP contribution is -2.10. The van der Waals surface area contributed by atoms with Crippen molar-refractivity contribution in [1.29, 1.82) is 0 Å². The van der Waals surface area contributed by atoms with Crippen LogP contribution in [0, 0.1) is 0 Å². The van der Waals surface area contributed by atoms with Crippen LogP contribution in [0.4, 0.5) is 0 Å². The molecule has 0 atom stereocenters. The van der Waals surface area contributed by atoms with E-state index in [0.29, 0.717) is 0 Å². The van der Waals surface area contributed by atoms with Crippen LogP contribution in [0.1, 0.15) is 33.6 Å². The maximum atomic E-state index is 10.4. The summed E-state index contributed by atoms with van der Waals surface area (Å²) in [5.41, 5.74) is -0.0372. The van der Waals surface area contributed by atoms with Gasteiger partial charge < -0.3 is 15.1 Å². The Labute approximate surface area is 106 Å². The highest BCUT2D eigenvalue weighted by Crippen LogP contribution is 2.04. The molecule has 0 radical (unpaired) electrons. The molecule has 1 fully saturated rings. The fourth-order valence-corrected chi connectivity index (χ4v) is 1.66. The fraction of sp³-hybridized carbons (Fsp3) is 0.385. The number of rotatable bonds is 2. The zero-order chi connectivity index (χ0) is 13.5. The van der Waals surface area contributed by atoms with Crippen molar-refractivity contribution < 1.29 is 19.8 Å². The summed E-state index contributed by atoms with van der Waals surface area (Å²) in [5.74, 6) is -2.25. The molecule has 0 aromatic heterocycles. The Hall–Kier alpha value is -1.88. The van der Waals surface area contributed by atoms with Crippen molar-refractivity contribution in [2.24, 2.45) is 0 Å². The SMILES string of the molecule is CN1CCCC1.O=C(O)c1cccc(C(=O)O)c1. The number of nitrogens with zero attached hydrogens (tertiary/aromatic N) is 1. The lowest BCUT2D eigenvalue weighted by Gasteiger charge is -2.01. The van der Waals surface area contributed by atoms with E-state index >= 15 is 0 Å². The number of benzene rings is 1. The van der Waals surface area contributed by atoms with Crippen LogP contribution in [0.3, 0.4) is 0 Å². The predicted octanol–water partition coefficient (Wildman–Crippen LogP) is 1.80. The van der Waals surface area contributed by atoms with Crippen molar-refractivity contribution in [2.45, 2.75) is 12.8 Å². The second-order valence-electron chi connectivity index (χ2n) is 4.20. The number of hydrogen-bond acceptors (Lipinski definition) is 3. The number of likely N-dealkylation sites (tertiary alicyclic amines) is 1. The standard InChI is InChI=1S/C8H6O4.C5H11N/c9-7(10)5-2-1-3-6(4-5)8(11)12;1-6-4-2-3-5-6/h1-4H,(H,9,10)(H,11,12);2-5H2,1H3. The van der Waals surface area contributed by atoms with Gasteiger partial charge in [0.1, 0.15) is 0 Å². The van der Waals surface area contributed by atoms with Gasteiger partial charge in [-0.05, 0) is 51.2 Å². The summed E-state index contributed by atoms with van der Waals surface area (Å²) in [6.45, 7) is 2.64. The van der Waals surface area contributed by atoms with Gasteiger partial charge in [-0.25, -0.2) is 9.59 Å². The smallest absolute Gasteiger partial charge is 0.335 e. The van der Waals surface area contributed by atoms with Crippen LogP contribution in [0.25, 0.3) is 0 Å². The summed E-state index contributed by atoms with van der Waals surface area (Å²) >= 11 is 0. The third kappa shape index (κ3) is 4.55. The van der Waals surface area contributed by atoms with Crippen molar-refractivity contribution in [3.63, 3.8) is 0 Å². The lowest BCUT2D eigenvalue weighted by molar-refractivity contribution is 0.0696. The van der Waals surface area contributed by atoms with Crippen LogP contribution in [0.15, 0.2) is 24.3 Å². The first kappa shape index (κ1) is 14.2. The molecule has 1 aliphatic heterocycles. The van der Waals surface area contributed by atoms with Gasteiger partial charge in [-0.2, -0.15) is 0 Å². The molecule has 0 spiro atoms. The van der Waals surface area contributed by atoms with Crippen molar-refractivity contribution in [3.05, 3.63) is 35.4 Å². The summed E-state index contributed by atoms with van der Waals surface area (Å²) in [6.07, 6.45) is 2.83. The van der Waals surface area contributed by atoms with Crippen LogP contribution in [-0.4, -0.2) is 47.2 Å². The fourth-order valence-electron chi connectivity index (χ4n) is 1.66. The normalized spacial score (nSPS) is 14.7. The zero-order valence-corrected chi connectivity index (χ0v) is 10.3. The molecule has 0 unspecified atom stereocenters. The minimum Gasteiger partial charge on any atom is -0.478 e. The van der Waals surface area contributed by atoms with Crippen LogP contribution >= 0.6 is 0 Å². The van der Waals surface area contributed by atoms with E-state index in [4.69, 9.17) is 10.2 Å². The number of aromatic carboxylic acids is 2. The molecular weight excluding hydrogens is 234 g/mol. The molecule has 18 heavy (non-hydrogen) atoms. The Morgan fingerprint density at radius 1 is 1.06 bits per heavy atom. The Balaban J connectivity index is 0.000000225. The van der Waals surface area contributed by atoms with Gasteiger partial charge in [0.05, 0.1) is 11.1 Å². The molecular formula is C13H17NO4. The van der Waals surface area contributed by atoms with Gasteiger partial charge in [-0.15, -0.1) is 0 Å². The molecule has 2 N–H and O–H groups in total. The summed E-state index contributed by atoms with van der Waals surface area (Å²) in [6, 6.07) is 5.20. The van der Waals surface area contributed by atoms with Crippen LogP contribution in [0.5, 0.6) is 0 Å². The topological polar surface area (TPSA) is 77.8 Å². The van der Waals surface area contributed by atoms with E-state index in [0.717, 1.165) is 6.07 Å². The Morgan fingerprint density at radius 3 is 1.78 bits per heavy atom. The highest BCUT2D eigenvalue weighted by atomic mass is 16.4. The number of carboxylic acids is 2. The maximum Gasteiger partial charge on any atom is 0.335 e. The van der Waals surface area contributed by atoms with Crippen LogP contribution < -0.4 is 0 Å². The Kier molecular flexibility index (Phi) is 5.32. The maximum absolute atomic E-state index is 10.4. The highest BCUT2D eigenvalue weighted by Gasteiger charge is 2.06. The summed E-state index contributed by atoms with van der Waals surface area (Å²) < 4.78 is 0. The molecule has 0 saturated carbocycles. The molecule has 0 bridgehead atoms. The largest absolute Gasteiger partial charge is 0.478 e. The first-order chi connectivity index (χ1) is 8.50. The van der Waals surface area contributed by atoms with Gasteiger partial charge in [-0.1, -0.05) is 6.07 Å². The number of carboxylic acid groups (broad SMARTS) is 2. The van der Waals surface area contributed by atoms with Gasteiger partial charge >= 0.3 is 11.9 Å². The van der Waals surface area contributed by atoms with E-state index in [1.807, 2.05) is 0 Å². The zero-order valence-electron chi connectivity index (χ0n) is 10.3. The van der Waals surface area contributed by atoms with Gasteiger partial charge in [0.25, 0.3) is 0 Å². The lowest BCUT2D eigenvalue weighted by atomic mass is 10.1. The highest BCUT2D eigenvalue weighted by molar-refractivity contribution is 5.93. The van der Waals surface area contributed by atoms with E-state index in [9.17, 15) is 9.59 Å². The summed E-state index contributed by atoms with van der Waals surface area (Å²) in [7, 11) is 2.17.